The zero-order chi connectivity index (χ0) is 12.3. The van der Waals surface area contributed by atoms with E-state index in [1.807, 2.05) is 6.20 Å². The van der Waals surface area contributed by atoms with Gasteiger partial charge in [-0.3, -0.25) is 0 Å². The van der Waals surface area contributed by atoms with Gasteiger partial charge >= 0.3 is 0 Å². The van der Waals surface area contributed by atoms with Crippen LogP contribution in [0.25, 0.3) is 10.6 Å². The van der Waals surface area contributed by atoms with Gasteiger partial charge in [-0.1, -0.05) is 43.7 Å². The van der Waals surface area contributed by atoms with Gasteiger partial charge in [0.1, 0.15) is 5.01 Å². The molecule has 0 atom stereocenters. The first-order valence-corrected chi connectivity index (χ1v) is 6.72. The van der Waals surface area contributed by atoms with E-state index in [4.69, 9.17) is 0 Å². The maximum absolute atomic E-state index is 4.47. The summed E-state index contributed by atoms with van der Waals surface area (Å²) >= 11 is 1.76. The quantitative estimate of drug-likeness (QED) is 0.891. The molecule has 0 fully saturated rings. The summed E-state index contributed by atoms with van der Waals surface area (Å²) in [5.74, 6) is 0. The van der Waals surface area contributed by atoms with Crippen molar-refractivity contribution in [3.63, 3.8) is 0 Å². The van der Waals surface area contributed by atoms with Crippen LogP contribution >= 0.6 is 11.3 Å². The maximum atomic E-state index is 4.47. The van der Waals surface area contributed by atoms with E-state index in [1.54, 1.807) is 11.3 Å². The minimum absolute atomic E-state index is 0.514. The lowest BCUT2D eigenvalue weighted by molar-refractivity contribution is 0.593. The summed E-state index contributed by atoms with van der Waals surface area (Å²) in [5, 5.41) is 4.51. The number of rotatable bonds is 4. The SMILES string of the molecule is Cc1ccc(-c2ncc(CNC(C)C)s2)cc1. The molecule has 1 heterocycles. The Balaban J connectivity index is 2.10. The summed E-state index contributed by atoms with van der Waals surface area (Å²) in [7, 11) is 0. The van der Waals surface area contributed by atoms with Crippen LogP contribution in [-0.4, -0.2) is 11.0 Å². The number of nitrogens with one attached hydrogen (secondary N) is 1. The maximum Gasteiger partial charge on any atom is 0.123 e. The topological polar surface area (TPSA) is 24.9 Å². The van der Waals surface area contributed by atoms with Crippen molar-refractivity contribution in [2.24, 2.45) is 0 Å². The lowest BCUT2D eigenvalue weighted by Gasteiger charge is -2.04. The van der Waals surface area contributed by atoms with Crippen molar-refractivity contribution in [1.82, 2.24) is 10.3 Å². The molecule has 0 aliphatic carbocycles. The second-order valence-electron chi connectivity index (χ2n) is 4.53. The van der Waals surface area contributed by atoms with Gasteiger partial charge in [-0.25, -0.2) is 4.98 Å². The molecule has 2 rings (SSSR count). The summed E-state index contributed by atoms with van der Waals surface area (Å²) in [5.41, 5.74) is 2.49. The molecule has 2 nitrogen and oxygen atoms in total. The van der Waals surface area contributed by atoms with Crippen LogP contribution in [0.5, 0.6) is 0 Å². The Labute approximate surface area is 107 Å². The first-order chi connectivity index (χ1) is 8.15. The number of aromatic nitrogens is 1. The van der Waals surface area contributed by atoms with Crippen LogP contribution in [0.1, 0.15) is 24.3 Å². The molecule has 0 radical (unpaired) electrons. The standard InChI is InChI=1S/C14H18N2S/c1-10(2)15-8-13-9-16-14(17-13)12-6-4-11(3)5-7-12/h4-7,9-10,15H,8H2,1-3H3. The van der Waals surface area contributed by atoms with Gasteiger partial charge in [-0.2, -0.15) is 0 Å². The fraction of sp³-hybridized carbons (Fsp3) is 0.357. The van der Waals surface area contributed by atoms with E-state index >= 15 is 0 Å². The second-order valence-corrected chi connectivity index (χ2v) is 5.65. The van der Waals surface area contributed by atoms with Crippen LogP contribution < -0.4 is 5.32 Å². The van der Waals surface area contributed by atoms with E-state index in [2.05, 4.69) is 55.3 Å². The molecule has 90 valence electrons. The van der Waals surface area contributed by atoms with Crippen molar-refractivity contribution >= 4 is 11.3 Å². The third kappa shape index (κ3) is 3.38. The van der Waals surface area contributed by atoms with Gasteiger partial charge < -0.3 is 5.32 Å². The van der Waals surface area contributed by atoms with E-state index in [1.165, 1.54) is 16.0 Å². The molecule has 0 unspecified atom stereocenters. The molecule has 0 aliphatic rings. The predicted molar refractivity (Wildman–Crippen MR) is 74.3 cm³/mol. The number of hydrogen-bond acceptors (Lipinski definition) is 3. The number of benzene rings is 1. The largest absolute Gasteiger partial charge is 0.310 e. The van der Waals surface area contributed by atoms with Gasteiger partial charge in [0.2, 0.25) is 0 Å². The van der Waals surface area contributed by atoms with Crippen molar-refractivity contribution in [2.45, 2.75) is 33.4 Å². The van der Waals surface area contributed by atoms with E-state index in [-0.39, 0.29) is 0 Å². The highest BCUT2D eigenvalue weighted by Crippen LogP contribution is 2.25. The fourth-order valence-corrected chi connectivity index (χ4v) is 2.39. The molecule has 3 heteroatoms. The highest BCUT2D eigenvalue weighted by molar-refractivity contribution is 7.15. The molecule has 0 spiro atoms. The lowest BCUT2D eigenvalue weighted by atomic mass is 10.2. The number of aryl methyl sites for hydroxylation is 1. The second kappa shape index (κ2) is 5.43. The highest BCUT2D eigenvalue weighted by Gasteiger charge is 2.04. The van der Waals surface area contributed by atoms with Crippen molar-refractivity contribution in [1.29, 1.82) is 0 Å². The van der Waals surface area contributed by atoms with Gasteiger partial charge in [0.25, 0.3) is 0 Å². The van der Waals surface area contributed by atoms with E-state index in [9.17, 15) is 0 Å². The molecule has 0 saturated carbocycles. The summed E-state index contributed by atoms with van der Waals surface area (Å²) in [6, 6.07) is 9.03. The Morgan fingerprint density at radius 1 is 1.24 bits per heavy atom. The molecule has 0 amide bonds. The third-order valence-electron chi connectivity index (χ3n) is 2.54. The molecule has 1 aromatic heterocycles. The highest BCUT2D eigenvalue weighted by atomic mass is 32.1. The zero-order valence-electron chi connectivity index (χ0n) is 10.5. The first kappa shape index (κ1) is 12.3. The minimum Gasteiger partial charge on any atom is -0.310 e. The van der Waals surface area contributed by atoms with Gasteiger partial charge in [-0.05, 0) is 6.92 Å². The first-order valence-electron chi connectivity index (χ1n) is 5.90. The van der Waals surface area contributed by atoms with Crippen LogP contribution in [0.3, 0.4) is 0 Å². The van der Waals surface area contributed by atoms with Gasteiger partial charge in [0.15, 0.2) is 0 Å². The fourth-order valence-electron chi connectivity index (χ4n) is 1.52. The van der Waals surface area contributed by atoms with Crippen molar-refractivity contribution < 1.29 is 0 Å². The Bertz CT molecular complexity index is 471. The van der Waals surface area contributed by atoms with E-state index < -0.39 is 0 Å². The Kier molecular flexibility index (Phi) is 3.92. The van der Waals surface area contributed by atoms with Gasteiger partial charge in [0, 0.05) is 29.2 Å². The molecule has 17 heavy (non-hydrogen) atoms. The van der Waals surface area contributed by atoms with Crippen molar-refractivity contribution in [2.75, 3.05) is 0 Å². The Hall–Kier alpha value is -1.19. The summed E-state index contributed by atoms with van der Waals surface area (Å²) in [6.07, 6.45) is 1.97. The molecule has 0 aliphatic heterocycles. The number of thiazole rings is 1. The normalized spacial score (nSPS) is 11.1. The van der Waals surface area contributed by atoms with Crippen LogP contribution in [-0.2, 0) is 6.54 Å². The van der Waals surface area contributed by atoms with E-state index in [0.717, 1.165) is 11.6 Å². The smallest absolute Gasteiger partial charge is 0.123 e. The zero-order valence-corrected chi connectivity index (χ0v) is 11.3. The summed E-state index contributed by atoms with van der Waals surface area (Å²) < 4.78 is 0. The Morgan fingerprint density at radius 2 is 1.94 bits per heavy atom. The van der Waals surface area contributed by atoms with Gasteiger partial charge in [0.05, 0.1) is 0 Å². The third-order valence-corrected chi connectivity index (χ3v) is 3.58. The average molecular weight is 246 g/mol. The molecule has 0 bridgehead atoms. The molecular formula is C14H18N2S. The predicted octanol–water partition coefficient (Wildman–Crippen LogP) is 3.62. The molecule has 1 N–H and O–H groups in total. The lowest BCUT2D eigenvalue weighted by Crippen LogP contribution is -2.21. The van der Waals surface area contributed by atoms with Crippen LogP contribution in [0.2, 0.25) is 0 Å². The van der Waals surface area contributed by atoms with E-state index in [0.29, 0.717) is 6.04 Å². The Morgan fingerprint density at radius 3 is 2.59 bits per heavy atom. The van der Waals surface area contributed by atoms with Gasteiger partial charge in [-0.15, -0.1) is 11.3 Å². The van der Waals surface area contributed by atoms with Crippen LogP contribution in [0, 0.1) is 6.92 Å². The molecule has 1 aromatic carbocycles. The van der Waals surface area contributed by atoms with Crippen molar-refractivity contribution in [3.8, 4) is 10.6 Å². The number of hydrogen-bond donors (Lipinski definition) is 1. The van der Waals surface area contributed by atoms with Crippen molar-refractivity contribution in [3.05, 3.63) is 40.9 Å². The molecule has 0 saturated heterocycles. The molecular weight excluding hydrogens is 228 g/mol. The monoisotopic (exact) mass is 246 g/mol. The average Bonchev–Trinajstić information content (AvgIpc) is 2.76. The summed E-state index contributed by atoms with van der Waals surface area (Å²) in [4.78, 5) is 5.76. The van der Waals surface area contributed by atoms with Crippen LogP contribution in [0.4, 0.5) is 0 Å². The summed E-state index contributed by atoms with van der Waals surface area (Å²) in [6.45, 7) is 7.31. The number of nitrogens with zero attached hydrogens (tertiary/aromatic N) is 1. The minimum atomic E-state index is 0.514. The molecule has 2 aromatic rings. The van der Waals surface area contributed by atoms with Crippen LogP contribution in [0.15, 0.2) is 30.5 Å².